The molecule has 2 aliphatic carbocycles. The van der Waals surface area contributed by atoms with Crippen molar-refractivity contribution in [1.29, 1.82) is 0 Å². The molecule has 0 heterocycles. The molecule has 2 saturated carbocycles. The lowest BCUT2D eigenvalue weighted by atomic mass is 9.70. The largest absolute Gasteiger partial charge is 0.313 e. The van der Waals surface area contributed by atoms with Gasteiger partial charge in [0, 0.05) is 6.04 Å². The third-order valence-electron chi connectivity index (χ3n) is 6.40. The maximum absolute atomic E-state index is 3.96. The van der Waals surface area contributed by atoms with Crippen LogP contribution in [0.4, 0.5) is 0 Å². The van der Waals surface area contributed by atoms with Crippen molar-refractivity contribution in [2.75, 3.05) is 6.54 Å². The molecule has 0 aromatic heterocycles. The minimum absolute atomic E-state index is 0.520. The van der Waals surface area contributed by atoms with Gasteiger partial charge in [0.2, 0.25) is 0 Å². The van der Waals surface area contributed by atoms with Gasteiger partial charge >= 0.3 is 0 Å². The summed E-state index contributed by atoms with van der Waals surface area (Å²) in [5, 5.41) is 3.96. The minimum Gasteiger partial charge on any atom is -0.313 e. The highest BCUT2D eigenvalue weighted by molar-refractivity contribution is 4.83. The first-order valence-corrected chi connectivity index (χ1v) is 9.74. The summed E-state index contributed by atoms with van der Waals surface area (Å²) < 4.78 is 0. The van der Waals surface area contributed by atoms with Crippen LogP contribution in [0.1, 0.15) is 91.9 Å². The Labute approximate surface area is 133 Å². The molecular formula is C20H39N. The maximum Gasteiger partial charge on any atom is 0.00928 e. The lowest BCUT2D eigenvalue weighted by Gasteiger charge is -2.38. The zero-order chi connectivity index (χ0) is 15.3. The van der Waals surface area contributed by atoms with Crippen molar-refractivity contribution < 1.29 is 0 Å². The van der Waals surface area contributed by atoms with Gasteiger partial charge in [0.05, 0.1) is 0 Å². The van der Waals surface area contributed by atoms with Gasteiger partial charge in [-0.2, -0.15) is 0 Å². The molecule has 0 spiro atoms. The summed E-state index contributed by atoms with van der Waals surface area (Å²) in [6.45, 7) is 10.9. The molecule has 1 nitrogen and oxygen atoms in total. The van der Waals surface area contributed by atoms with Gasteiger partial charge in [-0.3, -0.25) is 0 Å². The number of hydrogen-bond acceptors (Lipinski definition) is 1. The summed E-state index contributed by atoms with van der Waals surface area (Å²) in [6.07, 6.45) is 14.5. The molecule has 2 aliphatic rings. The Bertz CT molecular complexity index is 277. The smallest absolute Gasteiger partial charge is 0.00928 e. The van der Waals surface area contributed by atoms with Crippen LogP contribution in [0.3, 0.4) is 0 Å². The average molecular weight is 294 g/mol. The van der Waals surface area contributed by atoms with Gasteiger partial charge in [0.1, 0.15) is 0 Å². The Morgan fingerprint density at radius 2 is 1.52 bits per heavy atom. The summed E-state index contributed by atoms with van der Waals surface area (Å²) in [7, 11) is 0. The molecule has 0 aromatic rings. The van der Waals surface area contributed by atoms with E-state index in [2.05, 4.69) is 33.0 Å². The molecule has 21 heavy (non-hydrogen) atoms. The van der Waals surface area contributed by atoms with Gasteiger partial charge in [-0.1, -0.05) is 47.0 Å². The third-order valence-corrected chi connectivity index (χ3v) is 6.40. The third kappa shape index (κ3) is 5.27. The van der Waals surface area contributed by atoms with Crippen LogP contribution in [0, 0.1) is 23.2 Å². The van der Waals surface area contributed by atoms with E-state index in [0.717, 1.165) is 23.8 Å². The zero-order valence-corrected chi connectivity index (χ0v) is 15.1. The summed E-state index contributed by atoms with van der Waals surface area (Å²) in [5.74, 6) is 2.87. The number of nitrogens with one attached hydrogen (secondary N) is 1. The fraction of sp³-hybridized carbons (Fsp3) is 1.00. The van der Waals surface area contributed by atoms with E-state index in [1.165, 1.54) is 70.8 Å². The van der Waals surface area contributed by atoms with Gasteiger partial charge in [0.25, 0.3) is 0 Å². The monoisotopic (exact) mass is 293 g/mol. The van der Waals surface area contributed by atoms with Gasteiger partial charge < -0.3 is 5.32 Å². The molecule has 1 atom stereocenters. The van der Waals surface area contributed by atoms with Crippen LogP contribution >= 0.6 is 0 Å². The second kappa shape index (κ2) is 7.99. The lowest BCUT2D eigenvalue weighted by Crippen LogP contribution is -2.40. The molecule has 124 valence electrons. The molecule has 1 heteroatoms. The quantitative estimate of drug-likeness (QED) is 0.676. The normalized spacial score (nSPS) is 30.3. The van der Waals surface area contributed by atoms with Gasteiger partial charge in [0.15, 0.2) is 0 Å². The Balaban J connectivity index is 1.70. The van der Waals surface area contributed by atoms with Crippen molar-refractivity contribution in [2.24, 2.45) is 23.2 Å². The van der Waals surface area contributed by atoms with E-state index < -0.39 is 0 Å². The van der Waals surface area contributed by atoms with Crippen molar-refractivity contribution in [1.82, 2.24) is 5.32 Å². The van der Waals surface area contributed by atoms with E-state index in [1.54, 1.807) is 0 Å². The molecule has 0 saturated heterocycles. The van der Waals surface area contributed by atoms with Crippen LogP contribution in [-0.2, 0) is 0 Å². The first-order chi connectivity index (χ1) is 10.0. The van der Waals surface area contributed by atoms with Gasteiger partial charge in [-0.15, -0.1) is 0 Å². The predicted molar refractivity (Wildman–Crippen MR) is 93.6 cm³/mol. The van der Waals surface area contributed by atoms with E-state index in [1.807, 2.05) is 0 Å². The molecule has 2 fully saturated rings. The van der Waals surface area contributed by atoms with Gasteiger partial charge in [-0.25, -0.2) is 0 Å². The SMILES string of the molecule is CCC(NCC1CCC(C(C)(C)C)CC1)C1CCCCC1. The minimum atomic E-state index is 0.520. The zero-order valence-electron chi connectivity index (χ0n) is 15.1. The summed E-state index contributed by atoms with van der Waals surface area (Å²) in [6, 6.07) is 0.797. The molecule has 0 amide bonds. The van der Waals surface area contributed by atoms with Crippen LogP contribution in [0.5, 0.6) is 0 Å². The molecule has 0 aromatic carbocycles. The first kappa shape index (κ1) is 17.3. The highest BCUT2D eigenvalue weighted by Crippen LogP contribution is 2.39. The van der Waals surface area contributed by atoms with E-state index >= 15 is 0 Å². The van der Waals surface area contributed by atoms with E-state index in [9.17, 15) is 0 Å². The highest BCUT2D eigenvalue weighted by Gasteiger charge is 2.30. The first-order valence-electron chi connectivity index (χ1n) is 9.74. The Kier molecular flexibility index (Phi) is 6.59. The molecule has 1 unspecified atom stereocenters. The van der Waals surface area contributed by atoms with Crippen molar-refractivity contribution in [2.45, 2.75) is 97.9 Å². The Hall–Kier alpha value is -0.0400. The van der Waals surface area contributed by atoms with E-state index in [4.69, 9.17) is 0 Å². The number of hydrogen-bond donors (Lipinski definition) is 1. The molecule has 1 N–H and O–H groups in total. The topological polar surface area (TPSA) is 12.0 Å². The van der Waals surface area contributed by atoms with Crippen LogP contribution in [0.25, 0.3) is 0 Å². The van der Waals surface area contributed by atoms with Crippen molar-refractivity contribution in [3.63, 3.8) is 0 Å². The lowest BCUT2D eigenvalue weighted by molar-refractivity contribution is 0.144. The Morgan fingerprint density at radius 3 is 2.05 bits per heavy atom. The van der Waals surface area contributed by atoms with Crippen LogP contribution in [0.15, 0.2) is 0 Å². The van der Waals surface area contributed by atoms with E-state index in [-0.39, 0.29) is 0 Å². The fourth-order valence-electron chi connectivity index (χ4n) is 4.73. The van der Waals surface area contributed by atoms with Crippen molar-refractivity contribution in [3.8, 4) is 0 Å². The second-order valence-electron chi connectivity index (χ2n) is 8.90. The van der Waals surface area contributed by atoms with Crippen LogP contribution in [-0.4, -0.2) is 12.6 Å². The summed E-state index contributed by atoms with van der Waals surface area (Å²) in [5.41, 5.74) is 0.520. The molecule has 0 bridgehead atoms. The molecule has 0 aliphatic heterocycles. The van der Waals surface area contributed by atoms with Crippen LogP contribution in [0.2, 0.25) is 0 Å². The summed E-state index contributed by atoms with van der Waals surface area (Å²) >= 11 is 0. The average Bonchev–Trinajstić information content (AvgIpc) is 2.48. The van der Waals surface area contributed by atoms with Gasteiger partial charge in [-0.05, 0) is 74.7 Å². The standard InChI is InChI=1S/C20H39N/c1-5-19(17-9-7-6-8-10-17)21-15-16-11-13-18(14-12-16)20(2,3)4/h16-19,21H,5-15H2,1-4H3. The Morgan fingerprint density at radius 1 is 0.905 bits per heavy atom. The predicted octanol–water partition coefficient (Wildman–Crippen LogP) is 5.79. The fourth-order valence-corrected chi connectivity index (χ4v) is 4.73. The maximum atomic E-state index is 3.96. The highest BCUT2D eigenvalue weighted by atomic mass is 14.9. The van der Waals surface area contributed by atoms with Crippen molar-refractivity contribution in [3.05, 3.63) is 0 Å². The molecule has 0 radical (unpaired) electrons. The second-order valence-corrected chi connectivity index (χ2v) is 8.90. The summed E-state index contributed by atoms with van der Waals surface area (Å²) in [4.78, 5) is 0. The van der Waals surface area contributed by atoms with Crippen molar-refractivity contribution >= 4 is 0 Å². The molecule has 2 rings (SSSR count). The van der Waals surface area contributed by atoms with E-state index in [0.29, 0.717) is 5.41 Å². The van der Waals surface area contributed by atoms with Crippen LogP contribution < -0.4 is 5.32 Å². The number of rotatable bonds is 5. The molecular weight excluding hydrogens is 254 g/mol.